The highest BCUT2D eigenvalue weighted by atomic mass is 127. The number of furan rings is 1. The molecule has 0 unspecified atom stereocenters. The minimum absolute atomic E-state index is 0. The minimum atomic E-state index is 0. The quantitative estimate of drug-likeness (QED) is 0.194. The van der Waals surface area contributed by atoms with Crippen LogP contribution >= 0.6 is 35.3 Å². The van der Waals surface area contributed by atoms with Crippen LogP contribution in [0.5, 0.6) is 0 Å². The van der Waals surface area contributed by atoms with E-state index >= 15 is 0 Å². The lowest BCUT2D eigenvalue weighted by Gasteiger charge is -2.10. The lowest BCUT2D eigenvalue weighted by molar-refractivity contribution is 0.105. The average molecular weight is 512 g/mol. The van der Waals surface area contributed by atoms with E-state index < -0.39 is 0 Å². The molecule has 150 valence electrons. The fraction of sp³-hybridized carbons (Fsp3) is 0.300. The molecule has 0 aliphatic rings. The van der Waals surface area contributed by atoms with Gasteiger partial charge in [-0.25, -0.2) is 4.98 Å². The molecule has 0 fully saturated rings. The maximum atomic E-state index is 5.57. The number of rotatable bonds is 9. The third kappa shape index (κ3) is 7.25. The molecule has 0 saturated heterocycles. The molecule has 8 heteroatoms. The van der Waals surface area contributed by atoms with Gasteiger partial charge in [-0.05, 0) is 18.6 Å². The van der Waals surface area contributed by atoms with Crippen LogP contribution in [0.3, 0.4) is 0 Å². The summed E-state index contributed by atoms with van der Waals surface area (Å²) in [6, 6.07) is 14.0. The predicted molar refractivity (Wildman–Crippen MR) is 124 cm³/mol. The van der Waals surface area contributed by atoms with E-state index in [0.29, 0.717) is 19.8 Å². The molecule has 0 amide bonds. The first-order valence-electron chi connectivity index (χ1n) is 8.89. The second kappa shape index (κ2) is 12.5. The molecule has 1 aromatic carbocycles. The Hall–Kier alpha value is -1.91. The molecule has 0 atom stereocenters. The van der Waals surface area contributed by atoms with Gasteiger partial charge in [0.1, 0.15) is 17.4 Å². The summed E-state index contributed by atoms with van der Waals surface area (Å²) >= 11 is 1.65. The van der Waals surface area contributed by atoms with Gasteiger partial charge in [0, 0.05) is 31.1 Å². The summed E-state index contributed by atoms with van der Waals surface area (Å²) in [5.74, 6) is 1.61. The van der Waals surface area contributed by atoms with E-state index in [2.05, 4.69) is 38.1 Å². The summed E-state index contributed by atoms with van der Waals surface area (Å²) in [6.07, 6.45) is 2.54. The molecule has 0 spiro atoms. The maximum Gasteiger partial charge on any atom is 0.191 e. The standard InChI is InChI=1S/C20H24N4O2S.HI/c1-21-20(22-10-6-11-25-14-17-9-5-12-26-17)23-13-19-24-18(15-27-19)16-7-3-2-4-8-16;/h2-5,7-9,12,15H,6,10-11,13-14H2,1H3,(H2,21,22,23);1H. The van der Waals surface area contributed by atoms with Crippen LogP contribution in [0.2, 0.25) is 0 Å². The van der Waals surface area contributed by atoms with Crippen LogP contribution in [0.4, 0.5) is 0 Å². The van der Waals surface area contributed by atoms with E-state index in [1.807, 2.05) is 30.3 Å². The highest BCUT2D eigenvalue weighted by Crippen LogP contribution is 2.21. The summed E-state index contributed by atoms with van der Waals surface area (Å²) in [6.45, 7) is 2.60. The maximum absolute atomic E-state index is 5.57. The molecule has 0 aliphatic heterocycles. The number of nitrogens with zero attached hydrogens (tertiary/aromatic N) is 2. The first kappa shape index (κ1) is 22.4. The van der Waals surface area contributed by atoms with Crippen molar-refractivity contribution in [1.82, 2.24) is 15.6 Å². The van der Waals surface area contributed by atoms with Crippen molar-refractivity contribution in [2.24, 2.45) is 4.99 Å². The fourth-order valence-electron chi connectivity index (χ4n) is 2.46. The van der Waals surface area contributed by atoms with E-state index in [1.165, 1.54) is 0 Å². The SMILES string of the molecule is CN=C(NCCCOCc1ccco1)NCc1nc(-c2ccccc2)cs1.I. The van der Waals surface area contributed by atoms with Gasteiger partial charge in [-0.2, -0.15) is 0 Å². The Labute approximate surface area is 186 Å². The zero-order chi connectivity index (χ0) is 18.7. The van der Waals surface area contributed by atoms with Crippen molar-refractivity contribution in [1.29, 1.82) is 0 Å². The Morgan fingerprint density at radius 3 is 2.79 bits per heavy atom. The number of aliphatic imine (C=N–C) groups is 1. The second-order valence-corrected chi connectivity index (χ2v) is 6.77. The normalized spacial score (nSPS) is 11.1. The molecular weight excluding hydrogens is 487 g/mol. The number of halogens is 1. The predicted octanol–water partition coefficient (Wildman–Crippen LogP) is 4.29. The first-order valence-corrected chi connectivity index (χ1v) is 9.77. The van der Waals surface area contributed by atoms with Gasteiger partial charge in [0.15, 0.2) is 5.96 Å². The van der Waals surface area contributed by atoms with Gasteiger partial charge < -0.3 is 19.8 Å². The highest BCUT2D eigenvalue weighted by Gasteiger charge is 2.05. The Morgan fingerprint density at radius 1 is 1.18 bits per heavy atom. The molecule has 28 heavy (non-hydrogen) atoms. The fourth-order valence-corrected chi connectivity index (χ4v) is 3.21. The topological polar surface area (TPSA) is 71.7 Å². The Morgan fingerprint density at radius 2 is 2.04 bits per heavy atom. The van der Waals surface area contributed by atoms with E-state index in [0.717, 1.165) is 41.0 Å². The molecule has 0 radical (unpaired) electrons. The van der Waals surface area contributed by atoms with Crippen molar-refractivity contribution in [2.45, 2.75) is 19.6 Å². The van der Waals surface area contributed by atoms with E-state index in [-0.39, 0.29) is 24.0 Å². The monoisotopic (exact) mass is 512 g/mol. The molecule has 3 rings (SSSR count). The number of benzene rings is 1. The van der Waals surface area contributed by atoms with Crippen molar-refractivity contribution in [3.63, 3.8) is 0 Å². The van der Waals surface area contributed by atoms with Crippen molar-refractivity contribution < 1.29 is 9.15 Å². The second-order valence-electron chi connectivity index (χ2n) is 5.83. The summed E-state index contributed by atoms with van der Waals surface area (Å²) < 4.78 is 10.8. The summed E-state index contributed by atoms with van der Waals surface area (Å²) in [5, 5.41) is 9.69. The van der Waals surface area contributed by atoms with Crippen molar-refractivity contribution >= 4 is 41.3 Å². The van der Waals surface area contributed by atoms with Crippen LogP contribution in [0.15, 0.2) is 63.5 Å². The van der Waals surface area contributed by atoms with E-state index in [9.17, 15) is 0 Å². The molecule has 2 heterocycles. The van der Waals surface area contributed by atoms with Gasteiger partial charge in [0.2, 0.25) is 0 Å². The average Bonchev–Trinajstić information content (AvgIpc) is 3.39. The smallest absolute Gasteiger partial charge is 0.191 e. The minimum Gasteiger partial charge on any atom is -0.467 e. The lowest BCUT2D eigenvalue weighted by atomic mass is 10.2. The van der Waals surface area contributed by atoms with Crippen LogP contribution < -0.4 is 10.6 Å². The van der Waals surface area contributed by atoms with Crippen molar-refractivity contribution in [3.05, 3.63) is 64.9 Å². The summed E-state index contributed by atoms with van der Waals surface area (Å²) in [7, 11) is 1.76. The van der Waals surface area contributed by atoms with E-state index in [1.54, 1.807) is 24.6 Å². The van der Waals surface area contributed by atoms with Crippen molar-refractivity contribution in [2.75, 3.05) is 20.2 Å². The summed E-state index contributed by atoms with van der Waals surface area (Å²) in [4.78, 5) is 8.92. The molecule has 6 nitrogen and oxygen atoms in total. The zero-order valence-electron chi connectivity index (χ0n) is 15.8. The number of hydrogen-bond acceptors (Lipinski definition) is 5. The van der Waals surface area contributed by atoms with Crippen LogP contribution in [0.25, 0.3) is 11.3 Å². The molecule has 3 aromatic rings. The number of guanidine groups is 1. The van der Waals surface area contributed by atoms with Crippen LogP contribution in [0.1, 0.15) is 17.2 Å². The molecule has 2 N–H and O–H groups in total. The van der Waals surface area contributed by atoms with Gasteiger partial charge in [-0.3, -0.25) is 4.99 Å². The molecule has 0 saturated carbocycles. The molecule has 0 aliphatic carbocycles. The molecule has 2 aromatic heterocycles. The number of ether oxygens (including phenoxy) is 1. The van der Waals surface area contributed by atoms with Crippen molar-refractivity contribution in [3.8, 4) is 11.3 Å². The van der Waals surface area contributed by atoms with Crippen LogP contribution in [-0.2, 0) is 17.9 Å². The van der Waals surface area contributed by atoms with Gasteiger partial charge in [-0.1, -0.05) is 30.3 Å². The van der Waals surface area contributed by atoms with Gasteiger partial charge in [0.05, 0.1) is 18.5 Å². The van der Waals surface area contributed by atoms with Gasteiger partial charge in [0.25, 0.3) is 0 Å². The van der Waals surface area contributed by atoms with Crippen LogP contribution in [-0.4, -0.2) is 31.1 Å². The Balaban J connectivity index is 0.00000280. The number of nitrogens with one attached hydrogen (secondary N) is 2. The number of hydrogen-bond donors (Lipinski definition) is 2. The number of thiazole rings is 1. The third-order valence-electron chi connectivity index (χ3n) is 3.83. The van der Waals surface area contributed by atoms with E-state index in [4.69, 9.17) is 9.15 Å². The first-order chi connectivity index (χ1) is 13.3. The number of aromatic nitrogens is 1. The van der Waals surface area contributed by atoms with Gasteiger partial charge in [-0.15, -0.1) is 35.3 Å². The van der Waals surface area contributed by atoms with Gasteiger partial charge >= 0.3 is 0 Å². The highest BCUT2D eigenvalue weighted by molar-refractivity contribution is 14.0. The lowest BCUT2D eigenvalue weighted by Crippen LogP contribution is -2.37. The summed E-state index contributed by atoms with van der Waals surface area (Å²) in [5.41, 5.74) is 2.14. The zero-order valence-corrected chi connectivity index (χ0v) is 18.9. The Bertz CT molecular complexity index is 822. The third-order valence-corrected chi connectivity index (χ3v) is 4.68. The van der Waals surface area contributed by atoms with Crippen LogP contribution in [0, 0.1) is 0 Å². The molecular formula is C20H25IN4O2S. The molecule has 0 bridgehead atoms. The Kier molecular flexibility index (Phi) is 10.0. The largest absolute Gasteiger partial charge is 0.467 e.